The van der Waals surface area contributed by atoms with Crippen LogP contribution in [-0.4, -0.2) is 5.91 Å². The van der Waals surface area contributed by atoms with Crippen molar-refractivity contribution in [2.75, 3.05) is 10.6 Å². The first kappa shape index (κ1) is 12.7. The van der Waals surface area contributed by atoms with Crippen molar-refractivity contribution in [2.24, 2.45) is 0 Å². The minimum absolute atomic E-state index is 0.0190. The first-order chi connectivity index (χ1) is 9.65. The standard InChI is InChI=1S/C16H15FN2O/c17-13-9-15-12(8-14(13)18)6-7-16(20)19(15)10-11-4-2-1-3-5-11/h1-5,8-9H,6-7,10,18H2. The highest BCUT2D eigenvalue weighted by molar-refractivity contribution is 5.96. The number of anilines is 2. The Morgan fingerprint density at radius 3 is 2.65 bits per heavy atom. The van der Waals surface area contributed by atoms with Crippen molar-refractivity contribution in [1.82, 2.24) is 0 Å². The Labute approximate surface area is 116 Å². The summed E-state index contributed by atoms with van der Waals surface area (Å²) in [6.45, 7) is 0.454. The molecule has 20 heavy (non-hydrogen) atoms. The van der Waals surface area contributed by atoms with Gasteiger partial charge in [0, 0.05) is 12.5 Å². The molecule has 0 fully saturated rings. The maximum Gasteiger partial charge on any atom is 0.227 e. The number of nitrogens with zero attached hydrogens (tertiary/aromatic N) is 1. The highest BCUT2D eigenvalue weighted by atomic mass is 19.1. The largest absolute Gasteiger partial charge is 0.396 e. The number of carbonyl (C=O) groups excluding carboxylic acids is 1. The summed E-state index contributed by atoms with van der Waals surface area (Å²) >= 11 is 0. The van der Waals surface area contributed by atoms with E-state index >= 15 is 0 Å². The van der Waals surface area contributed by atoms with Gasteiger partial charge < -0.3 is 10.6 Å². The van der Waals surface area contributed by atoms with Crippen LogP contribution in [-0.2, 0) is 17.8 Å². The fourth-order valence-electron chi connectivity index (χ4n) is 2.53. The molecule has 0 radical (unpaired) electrons. The van der Waals surface area contributed by atoms with Crippen molar-refractivity contribution >= 4 is 17.3 Å². The molecule has 4 heteroatoms. The van der Waals surface area contributed by atoms with Crippen LogP contribution in [0.15, 0.2) is 42.5 Å². The molecule has 1 amide bonds. The average molecular weight is 270 g/mol. The Kier molecular flexibility index (Phi) is 3.14. The Morgan fingerprint density at radius 1 is 1.15 bits per heavy atom. The molecule has 102 valence electrons. The van der Waals surface area contributed by atoms with Gasteiger partial charge in [0.2, 0.25) is 5.91 Å². The SMILES string of the molecule is Nc1cc2c(cc1F)N(Cc1ccccc1)C(=O)CC2. The second-order valence-electron chi connectivity index (χ2n) is 4.97. The summed E-state index contributed by atoms with van der Waals surface area (Å²) in [5.74, 6) is -0.456. The van der Waals surface area contributed by atoms with Crippen LogP contribution in [0, 0.1) is 5.82 Å². The predicted octanol–water partition coefficient (Wildman–Crippen LogP) is 2.89. The predicted molar refractivity (Wildman–Crippen MR) is 76.8 cm³/mol. The number of amides is 1. The minimum Gasteiger partial charge on any atom is -0.396 e. The van der Waals surface area contributed by atoms with Crippen molar-refractivity contribution in [3.8, 4) is 0 Å². The fraction of sp³-hybridized carbons (Fsp3) is 0.188. The van der Waals surface area contributed by atoms with E-state index in [1.807, 2.05) is 30.3 Å². The maximum atomic E-state index is 13.7. The van der Waals surface area contributed by atoms with E-state index in [-0.39, 0.29) is 11.6 Å². The molecule has 1 aliphatic rings. The zero-order valence-electron chi connectivity index (χ0n) is 11.0. The topological polar surface area (TPSA) is 46.3 Å². The van der Waals surface area contributed by atoms with Crippen LogP contribution in [0.2, 0.25) is 0 Å². The third kappa shape index (κ3) is 2.25. The van der Waals surface area contributed by atoms with E-state index in [4.69, 9.17) is 5.73 Å². The second-order valence-corrected chi connectivity index (χ2v) is 4.97. The number of nitrogens with two attached hydrogens (primary N) is 1. The molecule has 2 aromatic rings. The zero-order chi connectivity index (χ0) is 14.1. The van der Waals surface area contributed by atoms with Crippen LogP contribution < -0.4 is 10.6 Å². The van der Waals surface area contributed by atoms with Crippen molar-refractivity contribution < 1.29 is 9.18 Å². The van der Waals surface area contributed by atoms with Crippen molar-refractivity contribution in [3.05, 3.63) is 59.4 Å². The molecule has 2 aromatic carbocycles. The summed E-state index contributed by atoms with van der Waals surface area (Å²) in [5, 5.41) is 0. The molecule has 3 rings (SSSR count). The Bertz CT molecular complexity index is 655. The quantitative estimate of drug-likeness (QED) is 0.853. The van der Waals surface area contributed by atoms with Crippen molar-refractivity contribution in [2.45, 2.75) is 19.4 Å². The van der Waals surface area contributed by atoms with Crippen LogP contribution in [0.3, 0.4) is 0 Å². The van der Waals surface area contributed by atoms with Gasteiger partial charge in [-0.25, -0.2) is 4.39 Å². The Morgan fingerprint density at radius 2 is 1.90 bits per heavy atom. The molecule has 0 spiro atoms. The van der Waals surface area contributed by atoms with Crippen LogP contribution in [0.25, 0.3) is 0 Å². The van der Waals surface area contributed by atoms with Gasteiger partial charge in [0.15, 0.2) is 0 Å². The van der Waals surface area contributed by atoms with E-state index in [0.717, 1.165) is 11.1 Å². The summed E-state index contributed by atoms with van der Waals surface area (Å²) in [4.78, 5) is 13.8. The first-order valence-electron chi connectivity index (χ1n) is 6.57. The fourth-order valence-corrected chi connectivity index (χ4v) is 2.53. The molecule has 3 nitrogen and oxygen atoms in total. The van der Waals surface area contributed by atoms with E-state index in [9.17, 15) is 9.18 Å². The van der Waals surface area contributed by atoms with Crippen LogP contribution in [0.4, 0.5) is 15.8 Å². The third-order valence-corrected chi connectivity index (χ3v) is 3.58. The number of halogens is 1. The third-order valence-electron chi connectivity index (χ3n) is 3.58. The molecule has 0 bridgehead atoms. The number of fused-ring (bicyclic) bond motifs is 1. The molecule has 1 aliphatic heterocycles. The molecular formula is C16H15FN2O. The second kappa shape index (κ2) is 4.96. The minimum atomic E-state index is -0.475. The van der Waals surface area contributed by atoms with Gasteiger partial charge in [-0.3, -0.25) is 4.79 Å². The van der Waals surface area contributed by atoms with Gasteiger partial charge in [-0.05, 0) is 23.6 Å². The van der Waals surface area contributed by atoms with Crippen molar-refractivity contribution in [3.63, 3.8) is 0 Å². The van der Waals surface area contributed by atoms with Crippen LogP contribution in [0.5, 0.6) is 0 Å². The Balaban J connectivity index is 1.99. The molecule has 0 atom stereocenters. The molecule has 0 saturated heterocycles. The van der Waals surface area contributed by atoms with Gasteiger partial charge in [0.25, 0.3) is 0 Å². The number of aryl methyl sites for hydroxylation is 1. The molecule has 2 N–H and O–H groups in total. The number of hydrogen-bond acceptors (Lipinski definition) is 2. The van der Waals surface area contributed by atoms with Crippen LogP contribution in [0.1, 0.15) is 17.5 Å². The van der Waals surface area contributed by atoms with Crippen molar-refractivity contribution in [1.29, 1.82) is 0 Å². The van der Waals surface area contributed by atoms with E-state index in [1.54, 1.807) is 11.0 Å². The highest BCUT2D eigenvalue weighted by Gasteiger charge is 2.25. The van der Waals surface area contributed by atoms with E-state index in [2.05, 4.69) is 0 Å². The molecular weight excluding hydrogens is 255 g/mol. The number of rotatable bonds is 2. The number of benzene rings is 2. The molecule has 0 unspecified atom stereocenters. The van der Waals surface area contributed by atoms with Gasteiger partial charge in [-0.1, -0.05) is 30.3 Å². The Hall–Kier alpha value is -2.36. The van der Waals surface area contributed by atoms with Crippen LogP contribution >= 0.6 is 0 Å². The summed E-state index contributed by atoms with van der Waals surface area (Å²) < 4.78 is 13.7. The average Bonchev–Trinajstić information content (AvgIpc) is 2.45. The van der Waals surface area contributed by atoms with Gasteiger partial charge in [0.1, 0.15) is 5.82 Å². The van der Waals surface area contributed by atoms with Gasteiger partial charge in [0.05, 0.1) is 17.9 Å². The summed E-state index contributed by atoms with van der Waals surface area (Å²) in [5.41, 5.74) is 8.32. The van der Waals surface area contributed by atoms with E-state index in [0.29, 0.717) is 25.1 Å². The lowest BCUT2D eigenvalue weighted by Gasteiger charge is -2.30. The lowest BCUT2D eigenvalue weighted by Crippen LogP contribution is -2.34. The summed E-state index contributed by atoms with van der Waals surface area (Å²) in [7, 11) is 0. The van der Waals surface area contributed by atoms with Gasteiger partial charge >= 0.3 is 0 Å². The summed E-state index contributed by atoms with van der Waals surface area (Å²) in [6, 6.07) is 12.7. The molecule has 0 saturated carbocycles. The summed E-state index contributed by atoms with van der Waals surface area (Å²) in [6.07, 6.45) is 1.05. The molecule has 1 heterocycles. The van der Waals surface area contributed by atoms with E-state index < -0.39 is 5.82 Å². The first-order valence-corrected chi connectivity index (χ1v) is 6.57. The van der Waals surface area contributed by atoms with Gasteiger partial charge in [-0.2, -0.15) is 0 Å². The lowest BCUT2D eigenvalue weighted by atomic mass is 9.99. The smallest absolute Gasteiger partial charge is 0.227 e. The van der Waals surface area contributed by atoms with Gasteiger partial charge in [-0.15, -0.1) is 0 Å². The molecule has 0 aromatic heterocycles. The normalized spacial score (nSPS) is 14.2. The monoisotopic (exact) mass is 270 g/mol. The zero-order valence-corrected chi connectivity index (χ0v) is 11.0. The maximum absolute atomic E-state index is 13.7. The number of carbonyl (C=O) groups is 1. The number of nitrogen functional groups attached to an aromatic ring is 1. The molecule has 0 aliphatic carbocycles. The highest BCUT2D eigenvalue weighted by Crippen LogP contribution is 2.32. The van der Waals surface area contributed by atoms with E-state index in [1.165, 1.54) is 6.07 Å². The number of hydrogen-bond donors (Lipinski definition) is 1. The lowest BCUT2D eigenvalue weighted by molar-refractivity contribution is -0.119.